The summed E-state index contributed by atoms with van der Waals surface area (Å²) >= 11 is 0. The number of esters is 1. The molecular formula is C37H68N4O4. The van der Waals surface area contributed by atoms with Gasteiger partial charge in [0.05, 0.1) is 13.2 Å². The molecule has 0 bridgehead atoms. The normalized spacial score (nSPS) is 37.9. The second kappa shape index (κ2) is 16.3. The van der Waals surface area contributed by atoms with Crippen LogP contribution in [0.2, 0.25) is 0 Å². The summed E-state index contributed by atoms with van der Waals surface area (Å²) in [5.41, 5.74) is 6.15. The van der Waals surface area contributed by atoms with E-state index in [1.54, 1.807) is 0 Å². The maximum atomic E-state index is 13.0. The van der Waals surface area contributed by atoms with Crippen molar-refractivity contribution in [1.29, 1.82) is 0 Å². The van der Waals surface area contributed by atoms with E-state index in [1.807, 2.05) is 13.8 Å². The lowest BCUT2D eigenvalue weighted by Gasteiger charge is -2.62. The van der Waals surface area contributed by atoms with Crippen LogP contribution in [-0.2, 0) is 14.3 Å². The lowest BCUT2D eigenvalue weighted by atomic mass is 9.43. The van der Waals surface area contributed by atoms with Crippen molar-refractivity contribution in [3.05, 3.63) is 0 Å². The van der Waals surface area contributed by atoms with Gasteiger partial charge in [-0.1, -0.05) is 41.0 Å². The first-order valence-corrected chi connectivity index (χ1v) is 18.7. The summed E-state index contributed by atoms with van der Waals surface area (Å²) < 4.78 is 4.96. The van der Waals surface area contributed by atoms with Gasteiger partial charge in [-0.25, -0.2) is 4.79 Å². The number of ether oxygens (including phenoxy) is 1. The highest BCUT2D eigenvalue weighted by Crippen LogP contribution is 2.68. The fourth-order valence-corrected chi connectivity index (χ4v) is 10.9. The molecule has 4 rings (SSSR count). The van der Waals surface area contributed by atoms with Crippen molar-refractivity contribution in [2.75, 3.05) is 33.3 Å². The Bertz CT molecular complexity index is 965. The third-order valence-electron chi connectivity index (χ3n) is 13.8. The van der Waals surface area contributed by atoms with Crippen LogP contribution >= 0.6 is 0 Å². The van der Waals surface area contributed by atoms with Crippen LogP contribution in [0.15, 0.2) is 0 Å². The highest BCUT2D eigenvalue weighted by Gasteiger charge is 2.62. The Morgan fingerprint density at radius 1 is 0.978 bits per heavy atom. The molecule has 4 saturated carbocycles. The zero-order valence-corrected chi connectivity index (χ0v) is 29.5. The van der Waals surface area contributed by atoms with E-state index in [1.165, 1.54) is 52.1 Å². The van der Waals surface area contributed by atoms with Gasteiger partial charge in [0, 0.05) is 12.5 Å². The van der Waals surface area contributed by atoms with E-state index in [0.29, 0.717) is 53.4 Å². The molecule has 6 N–H and O–H groups in total. The van der Waals surface area contributed by atoms with Crippen LogP contribution in [0.4, 0.5) is 0 Å². The molecule has 12 atom stereocenters. The average molecular weight is 633 g/mol. The molecule has 8 nitrogen and oxygen atoms in total. The zero-order valence-electron chi connectivity index (χ0n) is 29.5. The number of hydrogen-bond donors (Lipinski definition) is 5. The summed E-state index contributed by atoms with van der Waals surface area (Å²) in [6.45, 7) is 15.3. The van der Waals surface area contributed by atoms with Gasteiger partial charge in [-0.3, -0.25) is 4.79 Å². The van der Waals surface area contributed by atoms with Gasteiger partial charge < -0.3 is 31.5 Å². The fraction of sp³-hybridized carbons (Fsp3) is 0.946. The molecule has 8 heteroatoms. The highest BCUT2D eigenvalue weighted by atomic mass is 16.5. The van der Waals surface area contributed by atoms with Gasteiger partial charge in [0.25, 0.3) is 0 Å². The standard InChI is InChI=1S/C37H68N4O4/c1-7-24(2)34(35(44)45-6)41-32(43)13-10-25(3)28-11-12-29-33-30(15-17-37(28,29)5)36(4)16-14-27(22-26(36)23-31(33)42)40-21-9-20-39-19-8-18-38/h24-31,33-34,39-40,42H,7-23,38H2,1-6H3,(H,41,43)/t24?,25-,26+,27+,28-,29?,30?,31-,33?,34+,36+,37-/m1/s1. The molecule has 0 spiro atoms. The summed E-state index contributed by atoms with van der Waals surface area (Å²) in [5.74, 6) is 2.84. The molecule has 4 fully saturated rings. The Balaban J connectivity index is 1.31. The molecule has 0 aliphatic heterocycles. The minimum Gasteiger partial charge on any atom is -0.467 e. The Kier molecular flexibility index (Phi) is 13.2. The number of nitrogens with two attached hydrogens (primary N) is 1. The molecule has 0 aromatic carbocycles. The lowest BCUT2D eigenvalue weighted by Crippen LogP contribution is -2.59. The van der Waals surface area contributed by atoms with Crippen LogP contribution in [0.25, 0.3) is 0 Å². The Labute approximate surface area is 274 Å². The predicted molar refractivity (Wildman–Crippen MR) is 181 cm³/mol. The number of methoxy groups -OCH3 is 1. The first-order valence-electron chi connectivity index (χ1n) is 18.7. The number of hydrogen-bond acceptors (Lipinski definition) is 7. The molecule has 0 radical (unpaired) electrons. The largest absolute Gasteiger partial charge is 0.467 e. The number of aliphatic hydroxyl groups excluding tert-OH is 1. The second-order valence-electron chi connectivity index (χ2n) is 16.2. The Hall–Kier alpha value is -1.22. The molecule has 0 aromatic heterocycles. The number of carbonyl (C=O) groups is 2. The van der Waals surface area contributed by atoms with Crippen molar-refractivity contribution in [2.45, 2.75) is 136 Å². The molecule has 4 unspecified atom stereocenters. The van der Waals surface area contributed by atoms with Gasteiger partial charge in [-0.15, -0.1) is 0 Å². The van der Waals surface area contributed by atoms with E-state index >= 15 is 0 Å². The molecular weight excluding hydrogens is 564 g/mol. The topological polar surface area (TPSA) is 126 Å². The average Bonchev–Trinajstić information content (AvgIpc) is 3.39. The van der Waals surface area contributed by atoms with Crippen molar-refractivity contribution in [3.8, 4) is 0 Å². The van der Waals surface area contributed by atoms with Crippen LogP contribution in [0.1, 0.15) is 118 Å². The molecule has 260 valence electrons. The first kappa shape index (κ1) is 36.6. The Morgan fingerprint density at radius 3 is 2.40 bits per heavy atom. The van der Waals surface area contributed by atoms with Gasteiger partial charge in [0.2, 0.25) is 5.91 Å². The van der Waals surface area contributed by atoms with E-state index < -0.39 is 6.04 Å². The number of nitrogens with one attached hydrogen (secondary N) is 3. The monoisotopic (exact) mass is 633 g/mol. The molecule has 0 aromatic rings. The van der Waals surface area contributed by atoms with Crippen LogP contribution in [-0.4, -0.2) is 68.5 Å². The molecule has 4 aliphatic carbocycles. The van der Waals surface area contributed by atoms with E-state index in [9.17, 15) is 14.7 Å². The van der Waals surface area contributed by atoms with Crippen molar-refractivity contribution in [1.82, 2.24) is 16.0 Å². The van der Waals surface area contributed by atoms with Crippen molar-refractivity contribution >= 4 is 11.9 Å². The maximum Gasteiger partial charge on any atom is 0.328 e. The lowest BCUT2D eigenvalue weighted by molar-refractivity contribution is -0.167. The van der Waals surface area contributed by atoms with Crippen molar-refractivity contribution < 1.29 is 19.4 Å². The molecule has 0 heterocycles. The highest BCUT2D eigenvalue weighted by molar-refractivity contribution is 5.84. The summed E-state index contributed by atoms with van der Waals surface area (Å²) in [6, 6.07) is -0.00382. The minimum atomic E-state index is -0.579. The predicted octanol–water partition coefficient (Wildman–Crippen LogP) is 5.02. The molecule has 45 heavy (non-hydrogen) atoms. The molecule has 4 aliphatic rings. The molecule has 0 saturated heterocycles. The summed E-state index contributed by atoms with van der Waals surface area (Å²) in [4.78, 5) is 25.2. The van der Waals surface area contributed by atoms with E-state index in [-0.39, 0.29) is 29.3 Å². The summed E-state index contributed by atoms with van der Waals surface area (Å²) in [7, 11) is 1.39. The fourth-order valence-electron chi connectivity index (χ4n) is 10.9. The van der Waals surface area contributed by atoms with Crippen LogP contribution in [0.5, 0.6) is 0 Å². The van der Waals surface area contributed by atoms with Gasteiger partial charge >= 0.3 is 5.97 Å². The number of aliphatic hydroxyl groups is 1. The second-order valence-corrected chi connectivity index (χ2v) is 16.2. The summed E-state index contributed by atoms with van der Waals surface area (Å²) in [6.07, 6.45) is 13.6. The third-order valence-corrected chi connectivity index (χ3v) is 13.8. The Morgan fingerprint density at radius 2 is 1.69 bits per heavy atom. The molecule has 1 amide bonds. The van der Waals surface area contributed by atoms with Crippen molar-refractivity contribution in [3.63, 3.8) is 0 Å². The van der Waals surface area contributed by atoms with Crippen LogP contribution in [0, 0.1) is 52.3 Å². The maximum absolute atomic E-state index is 13.0. The third kappa shape index (κ3) is 8.09. The minimum absolute atomic E-state index is 0.0393. The number of carbonyl (C=O) groups excluding carboxylic acids is 2. The number of amides is 1. The smallest absolute Gasteiger partial charge is 0.328 e. The van der Waals surface area contributed by atoms with E-state index in [2.05, 4.69) is 36.7 Å². The van der Waals surface area contributed by atoms with Gasteiger partial charge in [-0.05, 0) is 149 Å². The van der Waals surface area contributed by atoms with Crippen molar-refractivity contribution in [2.24, 2.45) is 58.0 Å². The van der Waals surface area contributed by atoms with Crippen LogP contribution < -0.4 is 21.7 Å². The number of fused-ring (bicyclic) bond motifs is 5. The SMILES string of the molecule is CCC(C)[C@H](NC(=O)CC[C@@H](C)[C@H]1CCC2C3C(CC[C@@]21C)[C@@]1(C)CC[C@H](NCCCNCCCN)C[C@H]1C[C@H]3O)C(=O)OC. The van der Waals surface area contributed by atoms with E-state index in [0.717, 1.165) is 58.3 Å². The zero-order chi connectivity index (χ0) is 32.8. The number of rotatable bonds is 16. The quantitative estimate of drug-likeness (QED) is 0.120. The van der Waals surface area contributed by atoms with E-state index in [4.69, 9.17) is 10.5 Å². The van der Waals surface area contributed by atoms with Gasteiger partial charge in [0.1, 0.15) is 6.04 Å². The van der Waals surface area contributed by atoms with Crippen LogP contribution in [0.3, 0.4) is 0 Å². The van der Waals surface area contributed by atoms with Gasteiger partial charge in [-0.2, -0.15) is 0 Å². The van der Waals surface area contributed by atoms with Gasteiger partial charge in [0.15, 0.2) is 0 Å². The summed E-state index contributed by atoms with van der Waals surface area (Å²) in [5, 5.41) is 22.1. The first-order chi connectivity index (χ1) is 21.5.